The second-order valence-corrected chi connectivity index (χ2v) is 7.49. The molecule has 0 atom stereocenters. The van der Waals surface area contributed by atoms with Crippen molar-refractivity contribution in [2.75, 3.05) is 26.3 Å². The van der Waals surface area contributed by atoms with Crippen molar-refractivity contribution >= 4 is 12.0 Å². The number of likely N-dealkylation sites (tertiary alicyclic amines) is 1. The minimum absolute atomic E-state index is 0.0161. The Labute approximate surface area is 144 Å². The minimum atomic E-state index is -0.485. The van der Waals surface area contributed by atoms with Crippen LogP contribution in [0.1, 0.15) is 46.5 Å². The summed E-state index contributed by atoms with van der Waals surface area (Å²) in [5.74, 6) is -0.0161. The van der Waals surface area contributed by atoms with Crippen molar-refractivity contribution in [3.05, 3.63) is 12.7 Å². The van der Waals surface area contributed by atoms with Crippen LogP contribution >= 0.6 is 0 Å². The van der Waals surface area contributed by atoms with Gasteiger partial charge in [-0.2, -0.15) is 0 Å². The molecule has 136 valence electrons. The van der Waals surface area contributed by atoms with Gasteiger partial charge in [0.1, 0.15) is 5.60 Å². The number of ether oxygens (including phenoxy) is 2. The van der Waals surface area contributed by atoms with Gasteiger partial charge in [0.15, 0.2) is 0 Å². The molecule has 0 aromatic carbocycles. The van der Waals surface area contributed by atoms with Crippen LogP contribution in [0.3, 0.4) is 0 Å². The molecule has 0 spiro atoms. The van der Waals surface area contributed by atoms with Crippen molar-refractivity contribution in [1.29, 1.82) is 0 Å². The molecule has 0 unspecified atom stereocenters. The van der Waals surface area contributed by atoms with Crippen molar-refractivity contribution in [2.24, 2.45) is 0 Å². The van der Waals surface area contributed by atoms with E-state index in [1.165, 1.54) is 6.08 Å². The van der Waals surface area contributed by atoms with E-state index in [-0.39, 0.29) is 24.1 Å². The maximum absolute atomic E-state index is 12.4. The predicted octanol–water partition coefficient (Wildman–Crippen LogP) is 2.58. The molecule has 2 amide bonds. The zero-order chi connectivity index (χ0) is 17.7. The first kappa shape index (κ1) is 18.8. The lowest BCUT2D eigenvalue weighted by atomic mass is 9.98. The highest BCUT2D eigenvalue weighted by Crippen LogP contribution is 2.25. The van der Waals surface area contributed by atoms with Crippen LogP contribution < -0.4 is 0 Å². The van der Waals surface area contributed by atoms with Gasteiger partial charge in [-0.25, -0.2) is 4.79 Å². The molecule has 0 N–H and O–H groups in total. The Balaban J connectivity index is 1.95. The van der Waals surface area contributed by atoms with E-state index in [4.69, 9.17) is 9.47 Å². The molecule has 2 heterocycles. The van der Waals surface area contributed by atoms with Gasteiger partial charge in [0.25, 0.3) is 0 Å². The molecular weight excluding hydrogens is 308 g/mol. The van der Waals surface area contributed by atoms with Gasteiger partial charge in [-0.1, -0.05) is 6.58 Å². The van der Waals surface area contributed by atoms with Crippen molar-refractivity contribution in [3.8, 4) is 0 Å². The number of nitrogens with zero attached hydrogens (tertiary/aromatic N) is 2. The fourth-order valence-electron chi connectivity index (χ4n) is 3.38. The average Bonchev–Trinajstić information content (AvgIpc) is 2.55. The van der Waals surface area contributed by atoms with Crippen LogP contribution in [0.2, 0.25) is 0 Å². The molecule has 2 aliphatic rings. The van der Waals surface area contributed by atoms with Gasteiger partial charge in [-0.15, -0.1) is 0 Å². The summed E-state index contributed by atoms with van der Waals surface area (Å²) in [4.78, 5) is 28.3. The van der Waals surface area contributed by atoms with Crippen LogP contribution in [0, 0.1) is 0 Å². The van der Waals surface area contributed by atoms with Crippen molar-refractivity contribution in [2.45, 2.75) is 64.1 Å². The quantitative estimate of drug-likeness (QED) is 0.742. The number of hydrogen-bond donors (Lipinski definition) is 0. The normalized spacial score (nSPS) is 20.5. The van der Waals surface area contributed by atoms with E-state index < -0.39 is 5.60 Å². The Morgan fingerprint density at radius 1 is 1.12 bits per heavy atom. The molecule has 0 aliphatic carbocycles. The summed E-state index contributed by atoms with van der Waals surface area (Å²) in [5.41, 5.74) is -0.485. The number of amides is 2. The number of hydrogen-bond acceptors (Lipinski definition) is 4. The van der Waals surface area contributed by atoms with Crippen LogP contribution in [0.25, 0.3) is 0 Å². The molecule has 2 fully saturated rings. The number of carbonyl (C=O) groups is 2. The summed E-state index contributed by atoms with van der Waals surface area (Å²) in [6.45, 7) is 11.9. The summed E-state index contributed by atoms with van der Waals surface area (Å²) in [7, 11) is 0. The zero-order valence-corrected chi connectivity index (χ0v) is 15.1. The van der Waals surface area contributed by atoms with Gasteiger partial charge in [0.2, 0.25) is 5.91 Å². The smallest absolute Gasteiger partial charge is 0.410 e. The average molecular weight is 338 g/mol. The van der Waals surface area contributed by atoms with Crippen LogP contribution in [0.5, 0.6) is 0 Å². The SMILES string of the molecule is C=CC(=O)N(C1CCOCC1)C1CCN(C(=O)OC(C)(C)C)CC1. The first-order valence-corrected chi connectivity index (χ1v) is 8.82. The Hall–Kier alpha value is -1.56. The lowest BCUT2D eigenvalue weighted by Crippen LogP contribution is -2.53. The Morgan fingerprint density at radius 2 is 1.67 bits per heavy atom. The fraction of sp³-hybridized carbons (Fsp3) is 0.778. The van der Waals surface area contributed by atoms with Gasteiger partial charge >= 0.3 is 6.09 Å². The third-order valence-electron chi connectivity index (χ3n) is 4.52. The highest BCUT2D eigenvalue weighted by Gasteiger charge is 2.34. The van der Waals surface area contributed by atoms with Gasteiger partial charge in [0, 0.05) is 38.4 Å². The van der Waals surface area contributed by atoms with Gasteiger partial charge in [-0.3, -0.25) is 4.79 Å². The maximum atomic E-state index is 12.4. The summed E-state index contributed by atoms with van der Waals surface area (Å²) in [5, 5.41) is 0. The molecule has 6 heteroatoms. The van der Waals surface area contributed by atoms with E-state index in [0.717, 1.165) is 25.7 Å². The lowest BCUT2D eigenvalue weighted by molar-refractivity contribution is -0.134. The standard InChI is InChI=1S/C18H30N2O4/c1-5-16(21)20(15-8-12-23-13-9-15)14-6-10-19(11-7-14)17(22)24-18(2,3)4/h5,14-15H,1,6-13H2,2-4H3. The molecule has 0 bridgehead atoms. The Morgan fingerprint density at radius 3 is 2.17 bits per heavy atom. The largest absolute Gasteiger partial charge is 0.444 e. The van der Waals surface area contributed by atoms with Crippen LogP contribution in [0.4, 0.5) is 4.79 Å². The van der Waals surface area contributed by atoms with E-state index in [9.17, 15) is 9.59 Å². The first-order valence-electron chi connectivity index (χ1n) is 8.82. The van der Waals surface area contributed by atoms with Crippen LogP contribution in [-0.2, 0) is 14.3 Å². The molecule has 0 aromatic rings. The summed E-state index contributed by atoms with van der Waals surface area (Å²) < 4.78 is 10.8. The van der Waals surface area contributed by atoms with E-state index >= 15 is 0 Å². The topological polar surface area (TPSA) is 59.1 Å². The van der Waals surface area contributed by atoms with Crippen molar-refractivity contribution < 1.29 is 19.1 Å². The highest BCUT2D eigenvalue weighted by molar-refractivity contribution is 5.87. The van der Waals surface area contributed by atoms with Gasteiger partial charge in [0.05, 0.1) is 0 Å². The maximum Gasteiger partial charge on any atom is 0.410 e. The zero-order valence-electron chi connectivity index (χ0n) is 15.1. The van der Waals surface area contributed by atoms with E-state index in [0.29, 0.717) is 26.3 Å². The highest BCUT2D eigenvalue weighted by atomic mass is 16.6. The molecule has 0 radical (unpaired) electrons. The summed E-state index contributed by atoms with van der Waals surface area (Å²) in [6.07, 6.45) is 4.41. The Bertz CT molecular complexity index is 458. The second kappa shape index (κ2) is 8.01. The van der Waals surface area contributed by atoms with E-state index in [1.807, 2.05) is 25.7 Å². The van der Waals surface area contributed by atoms with Gasteiger partial charge in [-0.05, 0) is 52.5 Å². The van der Waals surface area contributed by atoms with E-state index in [1.54, 1.807) is 4.90 Å². The third-order valence-corrected chi connectivity index (χ3v) is 4.52. The van der Waals surface area contributed by atoms with Gasteiger partial charge < -0.3 is 19.3 Å². The fourth-order valence-corrected chi connectivity index (χ4v) is 3.38. The van der Waals surface area contributed by atoms with Crippen LogP contribution in [0.15, 0.2) is 12.7 Å². The molecule has 0 saturated carbocycles. The van der Waals surface area contributed by atoms with E-state index in [2.05, 4.69) is 6.58 Å². The van der Waals surface area contributed by atoms with Crippen LogP contribution in [-0.4, -0.2) is 65.8 Å². The molecular formula is C18H30N2O4. The molecule has 24 heavy (non-hydrogen) atoms. The van der Waals surface area contributed by atoms with Crippen molar-refractivity contribution in [3.63, 3.8) is 0 Å². The number of piperidine rings is 1. The second-order valence-electron chi connectivity index (χ2n) is 7.49. The Kier molecular flexibility index (Phi) is 6.27. The first-order chi connectivity index (χ1) is 11.3. The molecule has 6 nitrogen and oxygen atoms in total. The van der Waals surface area contributed by atoms with Crippen molar-refractivity contribution in [1.82, 2.24) is 9.80 Å². The molecule has 0 aromatic heterocycles. The third kappa shape index (κ3) is 4.97. The lowest BCUT2D eigenvalue weighted by Gasteiger charge is -2.43. The minimum Gasteiger partial charge on any atom is -0.444 e. The molecule has 2 aliphatic heterocycles. The molecule has 2 rings (SSSR count). The summed E-state index contributed by atoms with van der Waals surface area (Å²) in [6, 6.07) is 0.361. The summed E-state index contributed by atoms with van der Waals surface area (Å²) >= 11 is 0. The monoisotopic (exact) mass is 338 g/mol. The molecule has 2 saturated heterocycles. The predicted molar refractivity (Wildman–Crippen MR) is 91.7 cm³/mol. The number of rotatable bonds is 3. The number of carbonyl (C=O) groups excluding carboxylic acids is 2.